The Hall–Kier alpha value is -3.42. The highest BCUT2D eigenvalue weighted by Gasteiger charge is 2.30. The third-order valence-electron chi connectivity index (χ3n) is 3.99. The molecule has 134 valence electrons. The van der Waals surface area contributed by atoms with Crippen LogP contribution in [-0.4, -0.2) is 30.4 Å². The van der Waals surface area contributed by atoms with Crippen LogP contribution in [0.2, 0.25) is 0 Å². The van der Waals surface area contributed by atoms with Gasteiger partial charge in [0.1, 0.15) is 0 Å². The predicted octanol–water partition coefficient (Wildman–Crippen LogP) is 1.24. The molecule has 8 nitrogen and oxygen atoms in total. The van der Waals surface area contributed by atoms with Crippen molar-refractivity contribution >= 4 is 29.2 Å². The molecule has 26 heavy (non-hydrogen) atoms. The maximum Gasteiger partial charge on any atom is 0.339 e. The molecule has 1 N–H and O–H groups in total. The number of hydrogen-bond acceptors (Lipinski definition) is 5. The average Bonchev–Trinajstić information content (AvgIpc) is 2.74. The van der Waals surface area contributed by atoms with E-state index in [9.17, 15) is 19.6 Å². The van der Waals surface area contributed by atoms with Crippen LogP contribution in [0.5, 0.6) is 0 Å². The number of nitrogens with one attached hydrogen (secondary N) is 1. The lowest BCUT2D eigenvalue weighted by Gasteiger charge is -2.27. The minimum Gasteiger partial charge on any atom is -0.619 e. The number of para-hydroxylation sites is 2. The number of benzene rings is 1. The molecular formula is C18H17N3O5. The maximum absolute atomic E-state index is 12.7. The number of ether oxygens (including phenoxy) is 1. The molecule has 0 aliphatic carbocycles. The maximum atomic E-state index is 12.7. The zero-order valence-electron chi connectivity index (χ0n) is 14.0. The lowest BCUT2D eigenvalue weighted by molar-refractivity contribution is -0.605. The number of amides is 2. The van der Waals surface area contributed by atoms with Gasteiger partial charge in [0.2, 0.25) is 5.91 Å². The minimum atomic E-state index is -0.705. The summed E-state index contributed by atoms with van der Waals surface area (Å²) in [6.07, 6.45) is 2.47. The number of rotatable bonds is 3. The van der Waals surface area contributed by atoms with Gasteiger partial charge in [0.15, 0.2) is 19.0 Å². The predicted molar refractivity (Wildman–Crippen MR) is 92.3 cm³/mol. The summed E-state index contributed by atoms with van der Waals surface area (Å²) in [6.45, 7) is 1.28. The van der Waals surface area contributed by atoms with Gasteiger partial charge in [-0.25, -0.2) is 4.79 Å². The Kier molecular flexibility index (Phi) is 4.83. The summed E-state index contributed by atoms with van der Waals surface area (Å²) in [5.41, 5.74) is 1.26. The van der Waals surface area contributed by atoms with Crippen molar-refractivity contribution in [1.82, 2.24) is 0 Å². The molecule has 2 amide bonds. The van der Waals surface area contributed by atoms with Gasteiger partial charge >= 0.3 is 5.97 Å². The molecule has 0 saturated carbocycles. The van der Waals surface area contributed by atoms with E-state index in [1.54, 1.807) is 31.2 Å². The van der Waals surface area contributed by atoms with Crippen LogP contribution in [0.25, 0.3) is 0 Å². The van der Waals surface area contributed by atoms with Gasteiger partial charge < -0.3 is 20.2 Å². The molecule has 1 atom stereocenters. The Balaban J connectivity index is 1.75. The Labute approximate surface area is 149 Å². The molecule has 0 saturated heterocycles. The molecule has 2 aromatic rings. The Morgan fingerprint density at radius 3 is 2.69 bits per heavy atom. The van der Waals surface area contributed by atoms with Crippen LogP contribution in [0, 0.1) is 5.21 Å². The van der Waals surface area contributed by atoms with Crippen molar-refractivity contribution in [3.05, 3.63) is 59.6 Å². The zero-order valence-corrected chi connectivity index (χ0v) is 14.0. The molecule has 0 unspecified atom stereocenters. The molecule has 0 spiro atoms. The standard InChI is InChI=1S/C18H17N3O5/c1-12-10-16(22)19-14-4-2-3-5-15(14)21(12)17(23)11-26-18(24)13-6-8-20(25)9-7-13/h2-9,12H,10-11H2,1H3,(H,19,22)/t12-/m0/s1. The smallest absolute Gasteiger partial charge is 0.339 e. The lowest BCUT2D eigenvalue weighted by atomic mass is 10.1. The first-order valence-corrected chi connectivity index (χ1v) is 8.02. The first kappa shape index (κ1) is 17.4. The van der Waals surface area contributed by atoms with E-state index >= 15 is 0 Å². The van der Waals surface area contributed by atoms with Crippen LogP contribution in [0.3, 0.4) is 0 Å². The van der Waals surface area contributed by atoms with Crippen molar-refractivity contribution in [2.75, 3.05) is 16.8 Å². The van der Waals surface area contributed by atoms with Crippen LogP contribution in [0.1, 0.15) is 23.7 Å². The molecule has 1 aliphatic rings. The van der Waals surface area contributed by atoms with Gasteiger partial charge in [-0.1, -0.05) is 12.1 Å². The summed E-state index contributed by atoms with van der Waals surface area (Å²) in [6, 6.07) is 9.19. The summed E-state index contributed by atoms with van der Waals surface area (Å²) in [7, 11) is 0. The highest BCUT2D eigenvalue weighted by atomic mass is 16.5. The third kappa shape index (κ3) is 3.64. The highest BCUT2D eigenvalue weighted by Crippen LogP contribution is 2.31. The Bertz CT molecular complexity index is 850. The van der Waals surface area contributed by atoms with E-state index in [0.717, 1.165) is 0 Å². The van der Waals surface area contributed by atoms with E-state index in [4.69, 9.17) is 4.74 Å². The second-order valence-electron chi connectivity index (χ2n) is 5.91. The van der Waals surface area contributed by atoms with Crippen molar-refractivity contribution in [3.8, 4) is 0 Å². The molecule has 0 radical (unpaired) electrons. The number of aromatic nitrogens is 1. The van der Waals surface area contributed by atoms with Gasteiger partial charge in [0.25, 0.3) is 5.91 Å². The highest BCUT2D eigenvalue weighted by molar-refractivity contribution is 6.05. The second kappa shape index (κ2) is 7.22. The molecule has 1 aromatic heterocycles. The third-order valence-corrected chi connectivity index (χ3v) is 3.99. The molecular weight excluding hydrogens is 338 g/mol. The average molecular weight is 355 g/mol. The van der Waals surface area contributed by atoms with Crippen LogP contribution in [0.15, 0.2) is 48.8 Å². The largest absolute Gasteiger partial charge is 0.619 e. The van der Waals surface area contributed by atoms with Crippen LogP contribution in [0.4, 0.5) is 11.4 Å². The normalized spacial score (nSPS) is 16.3. The minimum absolute atomic E-state index is 0.135. The molecule has 8 heteroatoms. The van der Waals surface area contributed by atoms with Crippen molar-refractivity contribution in [2.24, 2.45) is 0 Å². The van der Waals surface area contributed by atoms with E-state index in [1.165, 1.54) is 29.4 Å². The van der Waals surface area contributed by atoms with Gasteiger partial charge in [-0.3, -0.25) is 9.59 Å². The molecule has 1 aromatic carbocycles. The number of nitrogens with zero attached hydrogens (tertiary/aromatic N) is 2. The molecule has 0 bridgehead atoms. The van der Waals surface area contributed by atoms with E-state index in [-0.39, 0.29) is 23.9 Å². The fraction of sp³-hybridized carbons (Fsp3) is 0.222. The number of esters is 1. The van der Waals surface area contributed by atoms with Crippen molar-refractivity contribution in [3.63, 3.8) is 0 Å². The number of carbonyl (C=O) groups is 3. The fourth-order valence-electron chi connectivity index (χ4n) is 2.80. The number of anilines is 2. The Morgan fingerprint density at radius 2 is 1.96 bits per heavy atom. The van der Waals surface area contributed by atoms with Crippen LogP contribution < -0.4 is 14.9 Å². The van der Waals surface area contributed by atoms with E-state index < -0.39 is 18.5 Å². The quantitative estimate of drug-likeness (QED) is 0.507. The number of hydrogen-bond donors (Lipinski definition) is 1. The number of fused-ring (bicyclic) bond motifs is 1. The van der Waals surface area contributed by atoms with Crippen molar-refractivity contribution in [2.45, 2.75) is 19.4 Å². The van der Waals surface area contributed by atoms with Gasteiger partial charge in [-0.2, -0.15) is 4.73 Å². The zero-order chi connectivity index (χ0) is 18.7. The fourth-order valence-corrected chi connectivity index (χ4v) is 2.80. The van der Waals surface area contributed by atoms with E-state index in [1.807, 2.05) is 0 Å². The first-order valence-electron chi connectivity index (χ1n) is 8.02. The van der Waals surface area contributed by atoms with Gasteiger partial charge in [-0.05, 0) is 19.1 Å². The van der Waals surface area contributed by atoms with Gasteiger partial charge in [-0.15, -0.1) is 0 Å². The lowest BCUT2D eigenvalue weighted by Crippen LogP contribution is -2.41. The first-order chi connectivity index (χ1) is 12.5. The van der Waals surface area contributed by atoms with Gasteiger partial charge in [0, 0.05) is 24.6 Å². The molecule has 2 heterocycles. The summed E-state index contributed by atoms with van der Waals surface area (Å²) in [5, 5.41) is 13.8. The molecule has 3 rings (SSSR count). The van der Waals surface area contributed by atoms with E-state index in [0.29, 0.717) is 16.1 Å². The van der Waals surface area contributed by atoms with Gasteiger partial charge in [0.05, 0.1) is 16.9 Å². The summed E-state index contributed by atoms with van der Waals surface area (Å²) in [4.78, 5) is 38.1. The number of carbonyl (C=O) groups excluding carboxylic acids is 3. The summed E-state index contributed by atoms with van der Waals surface area (Å²) in [5.74, 6) is -1.33. The molecule has 0 fully saturated rings. The van der Waals surface area contributed by atoms with Crippen LogP contribution >= 0.6 is 0 Å². The van der Waals surface area contributed by atoms with Crippen LogP contribution in [-0.2, 0) is 14.3 Å². The van der Waals surface area contributed by atoms with E-state index in [2.05, 4.69) is 5.32 Å². The second-order valence-corrected chi connectivity index (χ2v) is 5.91. The Morgan fingerprint density at radius 1 is 1.27 bits per heavy atom. The SMILES string of the molecule is C[C@H]1CC(=O)Nc2ccccc2N1C(=O)COC(=O)c1cc[n+]([O-])cc1. The summed E-state index contributed by atoms with van der Waals surface area (Å²) < 4.78 is 5.61. The van der Waals surface area contributed by atoms with Crippen molar-refractivity contribution < 1.29 is 23.9 Å². The monoisotopic (exact) mass is 355 g/mol. The number of pyridine rings is 1. The summed E-state index contributed by atoms with van der Waals surface area (Å²) >= 11 is 0. The van der Waals surface area contributed by atoms with Crippen molar-refractivity contribution in [1.29, 1.82) is 0 Å². The topological polar surface area (TPSA) is 103 Å². The molecule has 1 aliphatic heterocycles.